The summed E-state index contributed by atoms with van der Waals surface area (Å²) in [6.45, 7) is 5.91. The summed E-state index contributed by atoms with van der Waals surface area (Å²) in [5.74, 6) is 0.471. The van der Waals surface area contributed by atoms with E-state index in [1.54, 1.807) is 37.4 Å². The number of rotatable bonds is 9. The number of hydrogen-bond acceptors (Lipinski definition) is 7. The number of amides is 2. The molecule has 2 amide bonds. The van der Waals surface area contributed by atoms with Crippen molar-refractivity contribution in [3.63, 3.8) is 0 Å². The van der Waals surface area contributed by atoms with Gasteiger partial charge >= 0.3 is 0 Å². The quantitative estimate of drug-likeness (QED) is 0.489. The molecule has 0 radical (unpaired) electrons. The molecule has 11 heteroatoms. The second kappa shape index (κ2) is 10.1. The predicted molar refractivity (Wildman–Crippen MR) is 122 cm³/mol. The summed E-state index contributed by atoms with van der Waals surface area (Å²) in [4.78, 5) is 28.1. The van der Waals surface area contributed by atoms with E-state index in [-0.39, 0.29) is 22.9 Å². The summed E-state index contributed by atoms with van der Waals surface area (Å²) in [6, 6.07) is 9.40. The second-order valence-electron chi connectivity index (χ2n) is 6.78. The van der Waals surface area contributed by atoms with E-state index in [9.17, 15) is 18.0 Å². The minimum Gasteiger partial charge on any atom is -0.458 e. The Bertz CT molecular complexity index is 1210. The van der Waals surface area contributed by atoms with Gasteiger partial charge in [0.1, 0.15) is 11.5 Å². The predicted octanol–water partition coefficient (Wildman–Crippen LogP) is 3.32. The highest BCUT2D eigenvalue weighted by Gasteiger charge is 2.23. The van der Waals surface area contributed by atoms with Gasteiger partial charge in [0.2, 0.25) is 15.9 Å². The Morgan fingerprint density at radius 1 is 1.16 bits per heavy atom. The molecule has 0 aliphatic heterocycles. The van der Waals surface area contributed by atoms with Crippen LogP contribution in [0.25, 0.3) is 11.5 Å². The first-order valence-corrected chi connectivity index (χ1v) is 12.3. The van der Waals surface area contributed by atoms with Crippen LogP contribution >= 0.6 is 11.3 Å². The maximum atomic E-state index is 12.7. The molecule has 2 N–H and O–H groups in total. The van der Waals surface area contributed by atoms with Crippen LogP contribution in [0, 0.1) is 0 Å². The number of sulfonamides is 1. The number of nitrogens with one attached hydrogen (secondary N) is 2. The van der Waals surface area contributed by atoms with Crippen molar-refractivity contribution in [2.45, 2.75) is 32.2 Å². The molecule has 0 bridgehead atoms. The Balaban J connectivity index is 1.73. The van der Waals surface area contributed by atoms with Gasteiger partial charge in [-0.3, -0.25) is 14.9 Å². The molecule has 3 rings (SSSR count). The highest BCUT2D eigenvalue weighted by atomic mass is 32.2. The topological polar surface area (TPSA) is 122 Å². The average Bonchev–Trinajstić information content (AvgIpc) is 3.42. The smallest absolute Gasteiger partial charge is 0.257 e. The van der Waals surface area contributed by atoms with Crippen molar-refractivity contribution in [1.29, 1.82) is 0 Å². The molecule has 2 aromatic heterocycles. The number of aromatic nitrogens is 1. The molecular weight excluding hydrogens is 452 g/mol. The molecule has 0 fully saturated rings. The molecule has 0 atom stereocenters. The van der Waals surface area contributed by atoms with Crippen LogP contribution in [-0.2, 0) is 21.4 Å². The fraction of sp³-hybridized carbons (Fsp3) is 0.286. The molecule has 0 aliphatic carbocycles. The molecule has 32 heavy (non-hydrogen) atoms. The molecular formula is C21H24N4O5S2. The summed E-state index contributed by atoms with van der Waals surface area (Å²) >= 11 is 1.22. The summed E-state index contributed by atoms with van der Waals surface area (Å²) < 4.78 is 32.4. The summed E-state index contributed by atoms with van der Waals surface area (Å²) in [5.41, 5.74) is 0.753. The van der Waals surface area contributed by atoms with Crippen molar-refractivity contribution in [2.75, 3.05) is 18.4 Å². The van der Waals surface area contributed by atoms with E-state index in [0.29, 0.717) is 35.4 Å². The molecule has 1 aromatic carbocycles. The van der Waals surface area contributed by atoms with Crippen molar-refractivity contribution < 1.29 is 22.4 Å². The first kappa shape index (κ1) is 23.6. The van der Waals surface area contributed by atoms with Gasteiger partial charge in [0, 0.05) is 31.0 Å². The number of nitrogens with zero attached hydrogens (tertiary/aromatic N) is 2. The van der Waals surface area contributed by atoms with Crippen molar-refractivity contribution in [1.82, 2.24) is 14.6 Å². The minimum atomic E-state index is -3.67. The zero-order valence-corrected chi connectivity index (χ0v) is 19.5. The van der Waals surface area contributed by atoms with Crippen LogP contribution in [0.5, 0.6) is 0 Å². The molecule has 2 heterocycles. The largest absolute Gasteiger partial charge is 0.458 e. The third kappa shape index (κ3) is 5.42. The highest BCUT2D eigenvalue weighted by Crippen LogP contribution is 2.27. The third-order valence-electron chi connectivity index (χ3n) is 4.59. The van der Waals surface area contributed by atoms with Gasteiger partial charge in [-0.1, -0.05) is 19.9 Å². The number of furan rings is 1. The third-order valence-corrected chi connectivity index (χ3v) is 7.39. The Morgan fingerprint density at radius 3 is 2.59 bits per heavy atom. The molecule has 0 spiro atoms. The number of hydrogen-bond donors (Lipinski definition) is 2. The standard InChI is InChI=1S/C21H24N4O5S2/c1-4-25(5-2)32(28,29)17-8-6-7-15(11-17)20(27)24-21-23-18(13-31-21)19-10-9-16(30-19)12-22-14(3)26/h6-11,13H,4-5,12H2,1-3H3,(H,22,26)(H,23,24,27). The summed E-state index contributed by atoms with van der Waals surface area (Å²) in [6.07, 6.45) is 0. The van der Waals surface area contributed by atoms with Crippen molar-refractivity contribution in [3.05, 3.63) is 53.1 Å². The van der Waals surface area contributed by atoms with Gasteiger partial charge < -0.3 is 9.73 Å². The molecule has 0 aliphatic rings. The molecule has 0 unspecified atom stereocenters. The Morgan fingerprint density at radius 2 is 1.91 bits per heavy atom. The van der Waals surface area contributed by atoms with Crippen LogP contribution in [0.1, 0.15) is 36.9 Å². The number of benzene rings is 1. The van der Waals surface area contributed by atoms with Gasteiger partial charge in [0.05, 0.1) is 11.4 Å². The first-order valence-electron chi connectivity index (χ1n) is 9.95. The van der Waals surface area contributed by atoms with Gasteiger partial charge in [-0.25, -0.2) is 13.4 Å². The van der Waals surface area contributed by atoms with Crippen LogP contribution in [-0.4, -0.2) is 42.6 Å². The minimum absolute atomic E-state index is 0.0657. The van der Waals surface area contributed by atoms with Gasteiger partial charge in [-0.15, -0.1) is 11.3 Å². The molecule has 9 nitrogen and oxygen atoms in total. The molecule has 3 aromatic rings. The maximum absolute atomic E-state index is 12.7. The van der Waals surface area contributed by atoms with Gasteiger partial charge in [0.25, 0.3) is 5.91 Å². The number of carbonyl (C=O) groups is 2. The van der Waals surface area contributed by atoms with Crippen LogP contribution in [0.15, 0.2) is 51.1 Å². The van der Waals surface area contributed by atoms with Crippen molar-refractivity contribution in [3.8, 4) is 11.5 Å². The van der Waals surface area contributed by atoms with Crippen molar-refractivity contribution >= 4 is 38.3 Å². The van der Waals surface area contributed by atoms with E-state index in [0.717, 1.165) is 0 Å². The van der Waals surface area contributed by atoms with E-state index >= 15 is 0 Å². The number of anilines is 1. The monoisotopic (exact) mass is 476 g/mol. The maximum Gasteiger partial charge on any atom is 0.257 e. The Kier molecular flexibility index (Phi) is 7.44. The molecule has 0 saturated carbocycles. The SMILES string of the molecule is CCN(CC)S(=O)(=O)c1cccc(C(=O)Nc2nc(-c3ccc(CNC(C)=O)o3)cs2)c1. The van der Waals surface area contributed by atoms with Gasteiger partial charge in [-0.05, 0) is 30.3 Å². The fourth-order valence-corrected chi connectivity index (χ4v) is 5.15. The zero-order valence-electron chi connectivity index (χ0n) is 17.9. The van der Waals surface area contributed by atoms with Gasteiger partial charge in [-0.2, -0.15) is 4.31 Å². The number of thiazole rings is 1. The zero-order chi connectivity index (χ0) is 23.3. The Hall–Kier alpha value is -3.02. The van der Waals surface area contributed by atoms with Crippen LogP contribution in [0.4, 0.5) is 5.13 Å². The lowest BCUT2D eigenvalue weighted by molar-refractivity contribution is -0.119. The lowest BCUT2D eigenvalue weighted by Crippen LogP contribution is -2.30. The lowest BCUT2D eigenvalue weighted by atomic mass is 10.2. The van der Waals surface area contributed by atoms with E-state index in [4.69, 9.17) is 4.42 Å². The van der Waals surface area contributed by atoms with Crippen molar-refractivity contribution in [2.24, 2.45) is 0 Å². The van der Waals surface area contributed by atoms with E-state index < -0.39 is 15.9 Å². The van der Waals surface area contributed by atoms with E-state index in [1.165, 1.54) is 40.8 Å². The molecule has 0 saturated heterocycles. The normalized spacial score (nSPS) is 11.5. The summed E-state index contributed by atoms with van der Waals surface area (Å²) in [5, 5.41) is 7.43. The number of carbonyl (C=O) groups excluding carboxylic acids is 2. The highest BCUT2D eigenvalue weighted by molar-refractivity contribution is 7.89. The summed E-state index contributed by atoms with van der Waals surface area (Å²) in [7, 11) is -3.67. The Labute approximate surface area is 190 Å². The lowest BCUT2D eigenvalue weighted by Gasteiger charge is -2.18. The van der Waals surface area contributed by atoms with Crippen LogP contribution in [0.3, 0.4) is 0 Å². The second-order valence-corrected chi connectivity index (χ2v) is 9.58. The van der Waals surface area contributed by atoms with Gasteiger partial charge in [0.15, 0.2) is 10.9 Å². The van der Waals surface area contributed by atoms with Crippen LogP contribution in [0.2, 0.25) is 0 Å². The first-order chi connectivity index (χ1) is 15.2. The van der Waals surface area contributed by atoms with Crippen LogP contribution < -0.4 is 10.6 Å². The fourth-order valence-electron chi connectivity index (χ4n) is 2.95. The average molecular weight is 477 g/mol. The molecule has 170 valence electrons. The van der Waals surface area contributed by atoms with E-state index in [1.807, 2.05) is 0 Å². The van der Waals surface area contributed by atoms with E-state index in [2.05, 4.69) is 15.6 Å².